The number of anilines is 1. The molecule has 0 aliphatic carbocycles. The van der Waals surface area contributed by atoms with Gasteiger partial charge in [0, 0.05) is 18.6 Å². The van der Waals surface area contributed by atoms with Gasteiger partial charge in [-0.3, -0.25) is 10.1 Å². The van der Waals surface area contributed by atoms with E-state index in [4.69, 9.17) is 23.2 Å². The summed E-state index contributed by atoms with van der Waals surface area (Å²) in [6, 6.07) is 7.22. The van der Waals surface area contributed by atoms with Crippen molar-refractivity contribution in [3.63, 3.8) is 0 Å². The minimum absolute atomic E-state index is 0.0175. The first-order valence-electron chi connectivity index (χ1n) is 6.02. The summed E-state index contributed by atoms with van der Waals surface area (Å²) < 4.78 is 0. The van der Waals surface area contributed by atoms with E-state index >= 15 is 0 Å². The number of aromatic nitrogens is 2. The lowest BCUT2D eigenvalue weighted by atomic mass is 10.2. The van der Waals surface area contributed by atoms with E-state index in [1.165, 1.54) is 6.92 Å². The van der Waals surface area contributed by atoms with Crippen LogP contribution in [0, 0.1) is 17.0 Å². The first-order valence-corrected chi connectivity index (χ1v) is 6.78. The second kappa shape index (κ2) is 6.24. The van der Waals surface area contributed by atoms with Crippen LogP contribution in [0.4, 0.5) is 11.5 Å². The van der Waals surface area contributed by atoms with Gasteiger partial charge < -0.3 is 4.90 Å². The van der Waals surface area contributed by atoms with Crippen LogP contribution in [0.5, 0.6) is 0 Å². The summed E-state index contributed by atoms with van der Waals surface area (Å²) in [5.74, 6) is 0.187. The van der Waals surface area contributed by atoms with Crippen LogP contribution >= 0.6 is 23.2 Å². The fraction of sp³-hybridized carbons (Fsp3) is 0.231. The highest BCUT2D eigenvalue weighted by molar-refractivity contribution is 6.30. The largest absolute Gasteiger partial charge is 0.349 e. The van der Waals surface area contributed by atoms with E-state index in [2.05, 4.69) is 9.97 Å². The Bertz CT molecular complexity index is 677. The highest BCUT2D eigenvalue weighted by Crippen LogP contribution is 2.29. The van der Waals surface area contributed by atoms with Crippen LogP contribution in [0.2, 0.25) is 10.3 Å². The van der Waals surface area contributed by atoms with E-state index in [9.17, 15) is 10.1 Å². The molecule has 8 heteroatoms. The predicted molar refractivity (Wildman–Crippen MR) is 82.0 cm³/mol. The van der Waals surface area contributed by atoms with Gasteiger partial charge in [-0.2, -0.15) is 4.98 Å². The van der Waals surface area contributed by atoms with Gasteiger partial charge in [-0.1, -0.05) is 23.7 Å². The summed E-state index contributed by atoms with van der Waals surface area (Å²) in [6.45, 7) is 1.97. The zero-order chi connectivity index (χ0) is 15.6. The minimum Gasteiger partial charge on any atom is -0.349 e. The maximum Gasteiger partial charge on any atom is 0.332 e. The van der Waals surface area contributed by atoms with E-state index in [1.54, 1.807) is 24.1 Å². The highest BCUT2D eigenvalue weighted by atomic mass is 35.5. The summed E-state index contributed by atoms with van der Waals surface area (Å²) in [6.07, 6.45) is 0. The molecule has 2 rings (SSSR count). The van der Waals surface area contributed by atoms with Crippen LogP contribution < -0.4 is 4.90 Å². The van der Waals surface area contributed by atoms with Crippen LogP contribution in [-0.4, -0.2) is 21.9 Å². The fourth-order valence-corrected chi connectivity index (χ4v) is 2.27. The summed E-state index contributed by atoms with van der Waals surface area (Å²) >= 11 is 11.6. The smallest absolute Gasteiger partial charge is 0.332 e. The molecule has 0 unspecified atom stereocenters. The molecule has 1 aromatic heterocycles. The molecule has 2 aromatic rings. The van der Waals surface area contributed by atoms with E-state index < -0.39 is 4.92 Å². The van der Waals surface area contributed by atoms with Crippen LogP contribution in [-0.2, 0) is 6.54 Å². The van der Waals surface area contributed by atoms with E-state index in [-0.39, 0.29) is 22.5 Å². The molecule has 6 nitrogen and oxygen atoms in total. The molecule has 0 aliphatic heterocycles. The second-order valence-electron chi connectivity index (χ2n) is 4.49. The Labute approximate surface area is 131 Å². The van der Waals surface area contributed by atoms with Crippen LogP contribution in [0.25, 0.3) is 0 Å². The van der Waals surface area contributed by atoms with Gasteiger partial charge in [0.05, 0.1) is 4.92 Å². The van der Waals surface area contributed by atoms with Gasteiger partial charge in [0.15, 0.2) is 0 Å². The van der Waals surface area contributed by atoms with Crippen LogP contribution in [0.15, 0.2) is 24.3 Å². The fourth-order valence-electron chi connectivity index (χ4n) is 1.94. The molecule has 0 saturated heterocycles. The van der Waals surface area contributed by atoms with Crippen molar-refractivity contribution >= 4 is 34.7 Å². The maximum atomic E-state index is 11.2. The lowest BCUT2D eigenvalue weighted by Crippen LogP contribution is -2.20. The lowest BCUT2D eigenvalue weighted by Gasteiger charge is -2.18. The summed E-state index contributed by atoms with van der Waals surface area (Å²) in [7, 11) is 1.71. The highest BCUT2D eigenvalue weighted by Gasteiger charge is 2.24. The molecule has 0 atom stereocenters. The van der Waals surface area contributed by atoms with Gasteiger partial charge in [-0.25, -0.2) is 4.98 Å². The van der Waals surface area contributed by atoms with Crippen molar-refractivity contribution < 1.29 is 4.92 Å². The van der Waals surface area contributed by atoms with E-state index in [0.717, 1.165) is 5.56 Å². The SMILES string of the molecule is Cc1nc(Cl)nc(N(C)Cc2ccc(Cl)cc2)c1[N+](=O)[O-]. The Kier molecular flexibility index (Phi) is 4.59. The number of aryl methyl sites for hydroxylation is 1. The number of rotatable bonds is 4. The molecule has 0 N–H and O–H groups in total. The Balaban J connectivity index is 2.36. The van der Waals surface area contributed by atoms with Crippen LogP contribution in [0.3, 0.4) is 0 Å². The van der Waals surface area contributed by atoms with Crippen molar-refractivity contribution in [3.05, 3.63) is 55.9 Å². The van der Waals surface area contributed by atoms with Gasteiger partial charge >= 0.3 is 5.69 Å². The van der Waals surface area contributed by atoms with Crippen molar-refractivity contribution in [2.75, 3.05) is 11.9 Å². The van der Waals surface area contributed by atoms with Crippen molar-refractivity contribution in [1.29, 1.82) is 0 Å². The molecule has 0 aliphatic rings. The van der Waals surface area contributed by atoms with Gasteiger partial charge in [-0.05, 0) is 36.2 Å². The van der Waals surface area contributed by atoms with Crippen molar-refractivity contribution in [3.8, 4) is 0 Å². The third kappa shape index (κ3) is 3.59. The van der Waals surface area contributed by atoms with Crippen molar-refractivity contribution in [2.45, 2.75) is 13.5 Å². The molecule has 0 amide bonds. The molecule has 0 bridgehead atoms. The number of hydrogen-bond donors (Lipinski definition) is 0. The lowest BCUT2D eigenvalue weighted by molar-refractivity contribution is -0.385. The Morgan fingerprint density at radius 1 is 1.24 bits per heavy atom. The third-order valence-corrected chi connectivity index (χ3v) is 3.31. The molecule has 0 spiro atoms. The molecule has 0 radical (unpaired) electrons. The number of benzene rings is 1. The van der Waals surface area contributed by atoms with Gasteiger partial charge in [0.2, 0.25) is 11.1 Å². The Morgan fingerprint density at radius 2 is 1.86 bits per heavy atom. The van der Waals surface area contributed by atoms with Gasteiger partial charge in [0.25, 0.3) is 0 Å². The number of halogens is 2. The average molecular weight is 327 g/mol. The normalized spacial score (nSPS) is 10.5. The minimum atomic E-state index is -0.501. The number of nitro groups is 1. The zero-order valence-corrected chi connectivity index (χ0v) is 12.9. The second-order valence-corrected chi connectivity index (χ2v) is 5.26. The third-order valence-electron chi connectivity index (χ3n) is 2.89. The number of hydrogen-bond acceptors (Lipinski definition) is 5. The van der Waals surface area contributed by atoms with Crippen molar-refractivity contribution in [1.82, 2.24) is 9.97 Å². The first kappa shape index (κ1) is 15.5. The zero-order valence-electron chi connectivity index (χ0n) is 11.4. The standard InChI is InChI=1S/C13H12Cl2N4O2/c1-8-11(19(20)21)12(17-13(15)16-8)18(2)7-9-3-5-10(14)6-4-9/h3-6H,7H2,1-2H3. The molecular weight excluding hydrogens is 315 g/mol. The monoisotopic (exact) mass is 326 g/mol. The average Bonchev–Trinajstić information content (AvgIpc) is 2.39. The Hall–Kier alpha value is -1.92. The number of nitrogens with zero attached hydrogens (tertiary/aromatic N) is 4. The summed E-state index contributed by atoms with van der Waals surface area (Å²) in [5.41, 5.74) is 1.04. The van der Waals surface area contributed by atoms with Gasteiger partial charge in [0.1, 0.15) is 5.69 Å². The van der Waals surface area contributed by atoms with Crippen molar-refractivity contribution in [2.24, 2.45) is 0 Å². The quantitative estimate of drug-likeness (QED) is 0.487. The summed E-state index contributed by atoms with van der Waals surface area (Å²) in [4.78, 5) is 20.2. The molecule has 0 fully saturated rings. The Morgan fingerprint density at radius 3 is 2.43 bits per heavy atom. The molecule has 1 heterocycles. The van der Waals surface area contributed by atoms with E-state index in [1.807, 2.05) is 12.1 Å². The topological polar surface area (TPSA) is 72.2 Å². The van der Waals surface area contributed by atoms with E-state index in [0.29, 0.717) is 11.6 Å². The predicted octanol–water partition coefficient (Wildman–Crippen LogP) is 3.64. The molecule has 0 saturated carbocycles. The first-order chi connectivity index (χ1) is 9.88. The van der Waals surface area contributed by atoms with Gasteiger partial charge in [-0.15, -0.1) is 0 Å². The van der Waals surface area contributed by atoms with Crippen LogP contribution in [0.1, 0.15) is 11.3 Å². The maximum absolute atomic E-state index is 11.2. The molecule has 110 valence electrons. The summed E-state index contributed by atoms with van der Waals surface area (Å²) in [5, 5.41) is 11.8. The molecule has 21 heavy (non-hydrogen) atoms. The molecular formula is C13H12Cl2N4O2. The molecule has 1 aromatic carbocycles.